The van der Waals surface area contributed by atoms with Crippen molar-refractivity contribution < 1.29 is 13.2 Å². The van der Waals surface area contributed by atoms with Gasteiger partial charge in [-0.1, -0.05) is 65.8 Å². The molecule has 0 fully saturated rings. The fourth-order valence-corrected chi connectivity index (χ4v) is 3.62. The fraction of sp³-hybridized carbons (Fsp3) is 0.136. The minimum Gasteiger partial charge on any atom is -0.288 e. The Bertz CT molecular complexity index is 958. The number of hydrogen-bond acceptors (Lipinski definition) is 3. The highest BCUT2D eigenvalue weighted by Gasteiger charge is 2.25. The number of rotatable bonds is 6. The van der Waals surface area contributed by atoms with Crippen molar-refractivity contribution in [2.24, 2.45) is 0 Å². The lowest BCUT2D eigenvalue weighted by atomic mass is 10.2. The average molecular weight is 366 g/mol. The molecule has 0 bridgehead atoms. The third kappa shape index (κ3) is 5.14. The molecule has 2 rings (SSSR count). The standard InChI is InChI=1S/C22H22O3S/c1-17(2)16-21(23)22(11-7-10-19-8-5-4-6-9-19)26(24,25)20-14-12-18(3)13-15-20/h4-16H,1-3H3/b10-7+,22-11+. The zero-order valence-electron chi connectivity index (χ0n) is 15.1. The zero-order valence-corrected chi connectivity index (χ0v) is 16.0. The summed E-state index contributed by atoms with van der Waals surface area (Å²) in [6, 6.07) is 16.0. The Kier molecular flexibility index (Phi) is 6.47. The van der Waals surface area contributed by atoms with Crippen LogP contribution in [0.5, 0.6) is 0 Å². The van der Waals surface area contributed by atoms with Gasteiger partial charge in [-0.3, -0.25) is 4.79 Å². The molecule has 2 aromatic carbocycles. The number of benzene rings is 2. The molecular formula is C22H22O3S. The van der Waals surface area contributed by atoms with E-state index in [4.69, 9.17) is 0 Å². The number of carbonyl (C=O) groups is 1. The van der Waals surface area contributed by atoms with Crippen LogP contribution in [0.4, 0.5) is 0 Å². The number of carbonyl (C=O) groups excluding carboxylic acids is 1. The monoisotopic (exact) mass is 366 g/mol. The van der Waals surface area contributed by atoms with E-state index in [0.717, 1.165) is 16.7 Å². The SMILES string of the molecule is CC(C)=CC(=O)/C(=C\C=C\c1ccccc1)S(=O)(=O)c1ccc(C)cc1. The first-order chi connectivity index (χ1) is 12.3. The van der Waals surface area contributed by atoms with Crippen LogP contribution in [0.3, 0.4) is 0 Å². The Morgan fingerprint density at radius 2 is 1.54 bits per heavy atom. The van der Waals surface area contributed by atoms with E-state index in [1.165, 1.54) is 24.3 Å². The Balaban J connectivity index is 2.48. The van der Waals surface area contributed by atoms with Gasteiger partial charge >= 0.3 is 0 Å². The van der Waals surface area contributed by atoms with E-state index < -0.39 is 15.6 Å². The van der Waals surface area contributed by atoms with E-state index >= 15 is 0 Å². The van der Waals surface area contributed by atoms with Crippen molar-refractivity contribution in [1.29, 1.82) is 0 Å². The summed E-state index contributed by atoms with van der Waals surface area (Å²) in [5.74, 6) is -0.525. The second-order valence-electron chi connectivity index (χ2n) is 6.20. The Morgan fingerprint density at radius 3 is 2.12 bits per heavy atom. The van der Waals surface area contributed by atoms with Crippen LogP contribution < -0.4 is 0 Å². The van der Waals surface area contributed by atoms with Crippen LogP contribution in [0.15, 0.2) is 88.2 Å². The van der Waals surface area contributed by atoms with Gasteiger partial charge in [-0.15, -0.1) is 0 Å². The predicted molar refractivity (Wildman–Crippen MR) is 106 cm³/mol. The van der Waals surface area contributed by atoms with Crippen molar-refractivity contribution in [3.8, 4) is 0 Å². The quantitative estimate of drug-likeness (QED) is 0.540. The molecule has 2 aromatic rings. The van der Waals surface area contributed by atoms with Gasteiger partial charge in [0.25, 0.3) is 0 Å². The lowest BCUT2D eigenvalue weighted by Crippen LogP contribution is -2.12. The van der Waals surface area contributed by atoms with E-state index in [0.29, 0.717) is 0 Å². The number of hydrogen-bond donors (Lipinski definition) is 0. The second-order valence-corrected chi connectivity index (χ2v) is 8.12. The Labute approximate surface area is 155 Å². The van der Waals surface area contributed by atoms with E-state index in [2.05, 4.69) is 0 Å². The minimum atomic E-state index is -3.90. The summed E-state index contributed by atoms with van der Waals surface area (Å²) < 4.78 is 25.9. The van der Waals surface area contributed by atoms with Crippen molar-refractivity contribution in [3.05, 3.63) is 94.4 Å². The molecule has 0 aliphatic carbocycles. The second kappa shape index (κ2) is 8.59. The Hall–Kier alpha value is -2.72. The maximum atomic E-state index is 13.0. The zero-order chi connectivity index (χ0) is 19.2. The molecule has 0 radical (unpaired) electrons. The lowest BCUT2D eigenvalue weighted by Gasteiger charge is -2.07. The maximum absolute atomic E-state index is 13.0. The maximum Gasteiger partial charge on any atom is 0.210 e. The molecule has 134 valence electrons. The van der Waals surface area contributed by atoms with Gasteiger partial charge in [-0.25, -0.2) is 8.42 Å². The van der Waals surface area contributed by atoms with Gasteiger partial charge in [0.15, 0.2) is 5.78 Å². The van der Waals surface area contributed by atoms with E-state index in [1.807, 2.05) is 37.3 Å². The lowest BCUT2D eigenvalue weighted by molar-refractivity contribution is -0.110. The fourth-order valence-electron chi connectivity index (χ4n) is 2.29. The first kappa shape index (κ1) is 19.6. The van der Waals surface area contributed by atoms with Crippen LogP contribution in [0, 0.1) is 6.92 Å². The van der Waals surface area contributed by atoms with Crippen molar-refractivity contribution in [2.45, 2.75) is 25.7 Å². The first-order valence-electron chi connectivity index (χ1n) is 8.25. The molecule has 0 N–H and O–H groups in total. The largest absolute Gasteiger partial charge is 0.288 e. The van der Waals surface area contributed by atoms with Crippen molar-refractivity contribution in [1.82, 2.24) is 0 Å². The summed E-state index contributed by atoms with van der Waals surface area (Å²) in [6.07, 6.45) is 6.06. The molecule has 0 aromatic heterocycles. The van der Waals surface area contributed by atoms with E-state index in [-0.39, 0.29) is 9.80 Å². The van der Waals surface area contributed by atoms with E-state index in [9.17, 15) is 13.2 Å². The summed E-state index contributed by atoms with van der Waals surface area (Å²) in [6.45, 7) is 5.39. The van der Waals surface area contributed by atoms with Crippen LogP contribution >= 0.6 is 0 Å². The molecule has 3 nitrogen and oxygen atoms in total. The molecular weight excluding hydrogens is 344 g/mol. The molecule has 0 heterocycles. The number of ketones is 1. The van der Waals surface area contributed by atoms with Crippen LogP contribution in [0.1, 0.15) is 25.0 Å². The topological polar surface area (TPSA) is 51.2 Å². The highest BCUT2D eigenvalue weighted by Crippen LogP contribution is 2.22. The summed E-state index contributed by atoms with van der Waals surface area (Å²) >= 11 is 0. The molecule has 4 heteroatoms. The smallest absolute Gasteiger partial charge is 0.210 e. The van der Waals surface area contributed by atoms with Gasteiger partial charge in [0.1, 0.15) is 4.91 Å². The normalized spacial score (nSPS) is 12.2. The van der Waals surface area contributed by atoms with Crippen molar-refractivity contribution in [2.75, 3.05) is 0 Å². The Morgan fingerprint density at radius 1 is 0.923 bits per heavy atom. The van der Waals surface area contributed by atoms with Gasteiger partial charge in [0.05, 0.1) is 4.90 Å². The molecule has 0 spiro atoms. The summed E-state index contributed by atoms with van der Waals surface area (Å²) in [4.78, 5) is 12.4. The van der Waals surface area contributed by atoms with Gasteiger partial charge in [-0.05, 0) is 50.6 Å². The van der Waals surface area contributed by atoms with Crippen molar-refractivity contribution >= 4 is 21.7 Å². The minimum absolute atomic E-state index is 0.109. The van der Waals surface area contributed by atoms with Gasteiger partial charge in [0.2, 0.25) is 9.84 Å². The van der Waals surface area contributed by atoms with Gasteiger partial charge in [-0.2, -0.15) is 0 Å². The molecule has 0 saturated heterocycles. The van der Waals surface area contributed by atoms with Gasteiger partial charge < -0.3 is 0 Å². The van der Waals surface area contributed by atoms with Crippen molar-refractivity contribution in [3.63, 3.8) is 0 Å². The third-order valence-electron chi connectivity index (χ3n) is 3.62. The number of sulfone groups is 1. The number of allylic oxidation sites excluding steroid dienone is 5. The van der Waals surface area contributed by atoms with Crippen LogP contribution in [-0.2, 0) is 14.6 Å². The molecule has 0 aliphatic heterocycles. The average Bonchev–Trinajstić information content (AvgIpc) is 2.59. The molecule has 0 aliphatic rings. The molecule has 0 unspecified atom stereocenters. The van der Waals surface area contributed by atoms with Crippen LogP contribution in [0.25, 0.3) is 6.08 Å². The highest BCUT2D eigenvalue weighted by atomic mass is 32.2. The molecule has 0 amide bonds. The van der Waals surface area contributed by atoms with Crippen LogP contribution in [-0.4, -0.2) is 14.2 Å². The summed E-state index contributed by atoms with van der Waals surface area (Å²) in [5.41, 5.74) is 2.62. The highest BCUT2D eigenvalue weighted by molar-refractivity contribution is 7.96. The predicted octanol–water partition coefficient (Wildman–Crippen LogP) is 4.90. The van der Waals surface area contributed by atoms with Gasteiger partial charge in [0, 0.05) is 0 Å². The summed E-state index contributed by atoms with van der Waals surface area (Å²) in [7, 11) is -3.90. The van der Waals surface area contributed by atoms with E-state index in [1.54, 1.807) is 38.1 Å². The molecule has 0 saturated carbocycles. The summed E-state index contributed by atoms with van der Waals surface area (Å²) in [5, 5.41) is 0. The number of aryl methyl sites for hydroxylation is 1. The third-order valence-corrected chi connectivity index (χ3v) is 5.43. The first-order valence-corrected chi connectivity index (χ1v) is 9.73. The molecule has 0 atom stereocenters. The molecule has 26 heavy (non-hydrogen) atoms. The van der Waals surface area contributed by atoms with Crippen LogP contribution in [0.2, 0.25) is 0 Å².